The van der Waals surface area contributed by atoms with Crippen molar-refractivity contribution in [2.24, 2.45) is 0 Å². The highest BCUT2D eigenvalue weighted by Gasteiger charge is 2.25. The summed E-state index contributed by atoms with van der Waals surface area (Å²) in [6.45, 7) is 1.78. The van der Waals surface area contributed by atoms with E-state index in [1.54, 1.807) is 6.08 Å². The van der Waals surface area contributed by atoms with Gasteiger partial charge in [-0.2, -0.15) is 10.4 Å². The molecule has 1 aromatic heterocycles. The molecule has 7 heteroatoms. The molecule has 1 aliphatic carbocycles. The maximum Gasteiger partial charge on any atom is 0.262 e. The van der Waals surface area contributed by atoms with Crippen molar-refractivity contribution in [2.45, 2.75) is 31.8 Å². The van der Waals surface area contributed by atoms with Crippen molar-refractivity contribution in [3.63, 3.8) is 0 Å². The SMILES string of the molecule is N#C/C(=C\c1cn(Cc2ccccc2)nc1-c1ccc2c(c1)OCCCO2)C(=O)NC1CC1. The fraction of sp³-hybridized carbons (Fsp3) is 0.269. The summed E-state index contributed by atoms with van der Waals surface area (Å²) < 4.78 is 13.4. The van der Waals surface area contributed by atoms with Crippen LogP contribution < -0.4 is 14.8 Å². The van der Waals surface area contributed by atoms with Crippen LogP contribution in [0.4, 0.5) is 0 Å². The molecule has 3 aromatic rings. The van der Waals surface area contributed by atoms with Crippen LogP contribution in [-0.2, 0) is 11.3 Å². The molecular weight excluding hydrogens is 416 g/mol. The maximum absolute atomic E-state index is 12.5. The Balaban J connectivity index is 1.53. The molecular formula is C26H24N4O3. The fourth-order valence-corrected chi connectivity index (χ4v) is 3.72. The van der Waals surface area contributed by atoms with Crippen LogP contribution in [0.5, 0.6) is 11.5 Å². The molecule has 7 nitrogen and oxygen atoms in total. The summed E-state index contributed by atoms with van der Waals surface area (Å²) in [4.78, 5) is 12.5. The first kappa shape index (κ1) is 20.8. The van der Waals surface area contributed by atoms with E-state index in [2.05, 4.69) is 5.32 Å². The van der Waals surface area contributed by atoms with Crippen molar-refractivity contribution < 1.29 is 14.3 Å². The Kier molecular flexibility index (Phi) is 5.81. The van der Waals surface area contributed by atoms with E-state index in [1.165, 1.54) is 0 Å². The number of hydrogen-bond donors (Lipinski definition) is 1. The molecule has 1 fully saturated rings. The molecule has 0 spiro atoms. The molecule has 0 atom stereocenters. The van der Waals surface area contributed by atoms with Gasteiger partial charge in [-0.05, 0) is 42.7 Å². The Morgan fingerprint density at radius 1 is 1.15 bits per heavy atom. The third kappa shape index (κ3) is 4.90. The number of benzene rings is 2. The normalized spacial score (nSPS) is 15.4. The monoisotopic (exact) mass is 440 g/mol. The Hall–Kier alpha value is -4.05. The second-order valence-electron chi connectivity index (χ2n) is 8.25. The van der Waals surface area contributed by atoms with Crippen LogP contribution >= 0.6 is 0 Å². The highest BCUT2D eigenvalue weighted by Crippen LogP contribution is 2.35. The van der Waals surface area contributed by atoms with E-state index in [0.29, 0.717) is 42.5 Å². The predicted octanol–water partition coefficient (Wildman–Crippen LogP) is 3.95. The number of carbonyl (C=O) groups is 1. The maximum atomic E-state index is 12.5. The first-order valence-electron chi connectivity index (χ1n) is 11.1. The van der Waals surface area contributed by atoms with E-state index in [4.69, 9.17) is 14.6 Å². The fourth-order valence-electron chi connectivity index (χ4n) is 3.72. The Labute approximate surface area is 192 Å². The Bertz CT molecular complexity index is 1240. The summed E-state index contributed by atoms with van der Waals surface area (Å²) in [5.74, 6) is 1.03. The average Bonchev–Trinajstić information content (AvgIpc) is 3.60. The van der Waals surface area contributed by atoms with Gasteiger partial charge < -0.3 is 14.8 Å². The number of carbonyl (C=O) groups excluding carboxylic acids is 1. The molecule has 1 amide bonds. The van der Waals surface area contributed by atoms with E-state index >= 15 is 0 Å². The summed E-state index contributed by atoms with van der Waals surface area (Å²) in [5, 5.41) is 17.3. The van der Waals surface area contributed by atoms with E-state index in [1.807, 2.05) is 65.5 Å². The van der Waals surface area contributed by atoms with Crippen molar-refractivity contribution in [3.8, 4) is 28.8 Å². The van der Waals surface area contributed by atoms with Gasteiger partial charge in [-0.1, -0.05) is 30.3 Å². The van der Waals surface area contributed by atoms with Crippen LogP contribution in [-0.4, -0.2) is 34.9 Å². The number of hydrogen-bond acceptors (Lipinski definition) is 5. The average molecular weight is 441 g/mol. The summed E-state index contributed by atoms with van der Waals surface area (Å²) in [5.41, 5.74) is 3.37. The lowest BCUT2D eigenvalue weighted by Gasteiger charge is -2.09. The number of rotatable bonds is 6. The van der Waals surface area contributed by atoms with Gasteiger partial charge in [0.15, 0.2) is 11.5 Å². The number of nitriles is 1. The number of nitrogens with one attached hydrogen (secondary N) is 1. The number of aromatic nitrogens is 2. The largest absolute Gasteiger partial charge is 0.490 e. The third-order valence-corrected chi connectivity index (χ3v) is 5.58. The quantitative estimate of drug-likeness (QED) is 0.463. The molecule has 2 heterocycles. The van der Waals surface area contributed by atoms with Crippen molar-refractivity contribution in [1.82, 2.24) is 15.1 Å². The van der Waals surface area contributed by atoms with Gasteiger partial charge in [0.2, 0.25) is 0 Å². The van der Waals surface area contributed by atoms with E-state index in [0.717, 1.165) is 30.4 Å². The minimum Gasteiger partial charge on any atom is -0.490 e. The minimum absolute atomic E-state index is 0.0664. The topological polar surface area (TPSA) is 89.2 Å². The zero-order valence-corrected chi connectivity index (χ0v) is 18.2. The van der Waals surface area contributed by atoms with Gasteiger partial charge in [0.05, 0.1) is 25.5 Å². The van der Waals surface area contributed by atoms with Crippen molar-refractivity contribution in [3.05, 3.63) is 71.4 Å². The molecule has 2 aromatic carbocycles. The van der Waals surface area contributed by atoms with Crippen LogP contribution in [0.25, 0.3) is 17.3 Å². The molecule has 1 N–H and O–H groups in total. The van der Waals surface area contributed by atoms with E-state index in [-0.39, 0.29) is 17.5 Å². The molecule has 1 saturated carbocycles. The number of fused-ring (bicyclic) bond motifs is 1. The van der Waals surface area contributed by atoms with Crippen LogP contribution in [0.3, 0.4) is 0 Å². The van der Waals surface area contributed by atoms with Crippen molar-refractivity contribution in [2.75, 3.05) is 13.2 Å². The van der Waals surface area contributed by atoms with Crippen LogP contribution in [0.15, 0.2) is 60.3 Å². The lowest BCUT2D eigenvalue weighted by Crippen LogP contribution is -2.26. The van der Waals surface area contributed by atoms with Gasteiger partial charge in [0.25, 0.3) is 5.91 Å². The molecule has 0 bridgehead atoms. The second-order valence-corrected chi connectivity index (χ2v) is 8.25. The highest BCUT2D eigenvalue weighted by atomic mass is 16.5. The summed E-state index contributed by atoms with van der Waals surface area (Å²) in [6.07, 6.45) is 6.23. The van der Waals surface area contributed by atoms with Gasteiger partial charge >= 0.3 is 0 Å². The predicted molar refractivity (Wildman–Crippen MR) is 124 cm³/mol. The molecule has 5 rings (SSSR count). The van der Waals surface area contributed by atoms with Crippen molar-refractivity contribution >= 4 is 12.0 Å². The number of ether oxygens (including phenoxy) is 2. The first-order chi connectivity index (χ1) is 16.2. The van der Waals surface area contributed by atoms with Gasteiger partial charge in [0, 0.05) is 29.8 Å². The number of amides is 1. The van der Waals surface area contributed by atoms with E-state index in [9.17, 15) is 10.1 Å². The van der Waals surface area contributed by atoms with Gasteiger partial charge in [-0.25, -0.2) is 0 Å². The Morgan fingerprint density at radius 3 is 2.70 bits per heavy atom. The summed E-state index contributed by atoms with van der Waals surface area (Å²) >= 11 is 0. The lowest BCUT2D eigenvalue weighted by atomic mass is 10.1. The van der Waals surface area contributed by atoms with Gasteiger partial charge in [-0.3, -0.25) is 9.48 Å². The molecule has 0 radical (unpaired) electrons. The molecule has 1 aliphatic heterocycles. The van der Waals surface area contributed by atoms with E-state index < -0.39 is 0 Å². The molecule has 0 unspecified atom stereocenters. The van der Waals surface area contributed by atoms with Gasteiger partial charge in [-0.15, -0.1) is 0 Å². The lowest BCUT2D eigenvalue weighted by molar-refractivity contribution is -0.117. The summed E-state index contributed by atoms with van der Waals surface area (Å²) in [7, 11) is 0. The van der Waals surface area contributed by atoms with Crippen LogP contribution in [0, 0.1) is 11.3 Å². The standard InChI is InChI=1S/C26H24N4O3/c27-15-20(26(31)28-22-8-9-22)13-21-17-30(16-18-5-2-1-3-6-18)29-25(21)19-7-10-23-24(14-19)33-12-4-11-32-23/h1-3,5-7,10,13-14,17,22H,4,8-9,11-12,16H2,(H,28,31)/b20-13+. The number of nitrogens with zero attached hydrogens (tertiary/aromatic N) is 3. The molecule has 166 valence electrons. The minimum atomic E-state index is -0.347. The smallest absolute Gasteiger partial charge is 0.262 e. The summed E-state index contributed by atoms with van der Waals surface area (Å²) in [6, 6.07) is 18.0. The molecule has 2 aliphatic rings. The molecule has 0 saturated heterocycles. The second kappa shape index (κ2) is 9.21. The first-order valence-corrected chi connectivity index (χ1v) is 11.1. The van der Waals surface area contributed by atoms with Crippen LogP contribution in [0.2, 0.25) is 0 Å². The van der Waals surface area contributed by atoms with Crippen molar-refractivity contribution in [1.29, 1.82) is 5.26 Å². The third-order valence-electron chi connectivity index (χ3n) is 5.58. The van der Waals surface area contributed by atoms with Crippen LogP contribution in [0.1, 0.15) is 30.4 Å². The zero-order valence-electron chi connectivity index (χ0n) is 18.2. The zero-order chi connectivity index (χ0) is 22.6. The highest BCUT2D eigenvalue weighted by molar-refractivity contribution is 6.02. The Morgan fingerprint density at radius 2 is 1.94 bits per heavy atom. The molecule has 33 heavy (non-hydrogen) atoms. The van der Waals surface area contributed by atoms with Gasteiger partial charge in [0.1, 0.15) is 11.6 Å².